The summed E-state index contributed by atoms with van der Waals surface area (Å²) in [5.41, 5.74) is 4.04. The zero-order valence-corrected chi connectivity index (χ0v) is 14.4. The molecule has 126 valence electrons. The van der Waals surface area contributed by atoms with Crippen LogP contribution in [0.5, 0.6) is 0 Å². The molecule has 0 saturated carbocycles. The summed E-state index contributed by atoms with van der Waals surface area (Å²) in [6, 6.07) is 25.6. The fourth-order valence-electron chi connectivity index (χ4n) is 3.47. The van der Waals surface area contributed by atoms with E-state index < -0.39 is 0 Å². The molecule has 0 bridgehead atoms. The lowest BCUT2D eigenvalue weighted by Crippen LogP contribution is -2.46. The minimum absolute atomic E-state index is 1.00. The molecule has 1 fully saturated rings. The molecule has 4 rings (SSSR count). The van der Waals surface area contributed by atoms with Gasteiger partial charge in [-0.05, 0) is 28.8 Å². The lowest BCUT2D eigenvalue weighted by molar-refractivity contribution is 0.249. The number of rotatable bonds is 4. The predicted molar refractivity (Wildman–Crippen MR) is 104 cm³/mol. The topological polar surface area (TPSA) is 19.4 Å². The van der Waals surface area contributed by atoms with Gasteiger partial charge < -0.3 is 4.90 Å². The van der Waals surface area contributed by atoms with Crippen molar-refractivity contribution in [2.45, 2.75) is 6.54 Å². The number of nitrogens with zero attached hydrogens (tertiary/aromatic N) is 3. The zero-order valence-electron chi connectivity index (χ0n) is 14.4. The van der Waals surface area contributed by atoms with Crippen LogP contribution in [0.25, 0.3) is 11.1 Å². The van der Waals surface area contributed by atoms with Crippen LogP contribution in [0, 0.1) is 0 Å². The zero-order chi connectivity index (χ0) is 16.9. The molecule has 1 aliphatic heterocycles. The van der Waals surface area contributed by atoms with Gasteiger partial charge in [0, 0.05) is 38.9 Å². The van der Waals surface area contributed by atoms with Crippen molar-refractivity contribution in [2.24, 2.45) is 0 Å². The van der Waals surface area contributed by atoms with Crippen molar-refractivity contribution >= 4 is 5.82 Å². The Kier molecular flexibility index (Phi) is 4.75. The minimum Gasteiger partial charge on any atom is -0.354 e. The molecule has 25 heavy (non-hydrogen) atoms. The summed E-state index contributed by atoms with van der Waals surface area (Å²) in [6.45, 7) is 5.20. The Morgan fingerprint density at radius 2 is 1.44 bits per heavy atom. The standard InChI is InChI=1S/C22H23N3/c1-2-8-19(9-3-1)21-11-5-4-10-20(21)18-24-14-16-25(17-15-24)22-12-6-7-13-23-22/h1-13H,14-18H2. The molecular formula is C22H23N3. The summed E-state index contributed by atoms with van der Waals surface area (Å²) in [6.07, 6.45) is 1.87. The Balaban J connectivity index is 1.44. The smallest absolute Gasteiger partial charge is 0.128 e. The summed E-state index contributed by atoms with van der Waals surface area (Å²) in [5, 5.41) is 0. The van der Waals surface area contributed by atoms with Crippen LogP contribution in [0.3, 0.4) is 0 Å². The lowest BCUT2D eigenvalue weighted by Gasteiger charge is -2.35. The lowest BCUT2D eigenvalue weighted by atomic mass is 9.99. The van der Waals surface area contributed by atoms with E-state index >= 15 is 0 Å². The van der Waals surface area contributed by atoms with E-state index in [1.54, 1.807) is 0 Å². The third-order valence-electron chi connectivity index (χ3n) is 4.84. The van der Waals surface area contributed by atoms with Gasteiger partial charge in [0.25, 0.3) is 0 Å². The highest BCUT2D eigenvalue weighted by atomic mass is 15.3. The van der Waals surface area contributed by atoms with Gasteiger partial charge in [0.2, 0.25) is 0 Å². The molecule has 0 spiro atoms. The van der Waals surface area contributed by atoms with Gasteiger partial charge in [0.1, 0.15) is 5.82 Å². The van der Waals surface area contributed by atoms with Crippen LogP contribution in [0.2, 0.25) is 0 Å². The SMILES string of the molecule is c1ccc(-c2ccccc2CN2CCN(c3ccccn3)CC2)cc1. The number of aromatic nitrogens is 1. The van der Waals surface area contributed by atoms with E-state index in [0.29, 0.717) is 0 Å². The first-order valence-electron chi connectivity index (χ1n) is 8.92. The normalized spacial score (nSPS) is 15.3. The first kappa shape index (κ1) is 15.9. The second-order valence-corrected chi connectivity index (χ2v) is 6.47. The number of hydrogen-bond donors (Lipinski definition) is 0. The largest absolute Gasteiger partial charge is 0.354 e. The van der Waals surface area contributed by atoms with Gasteiger partial charge in [-0.3, -0.25) is 4.90 Å². The van der Waals surface area contributed by atoms with Gasteiger partial charge in [-0.1, -0.05) is 60.7 Å². The molecule has 0 amide bonds. The maximum atomic E-state index is 4.47. The van der Waals surface area contributed by atoms with Crippen LogP contribution >= 0.6 is 0 Å². The highest BCUT2D eigenvalue weighted by molar-refractivity contribution is 5.67. The molecule has 0 atom stereocenters. The summed E-state index contributed by atoms with van der Waals surface area (Å²) in [4.78, 5) is 9.39. The molecule has 0 N–H and O–H groups in total. The molecule has 3 heteroatoms. The highest BCUT2D eigenvalue weighted by Crippen LogP contribution is 2.25. The van der Waals surface area contributed by atoms with Gasteiger partial charge in [0.15, 0.2) is 0 Å². The summed E-state index contributed by atoms with van der Waals surface area (Å²) >= 11 is 0. The molecular weight excluding hydrogens is 306 g/mol. The van der Waals surface area contributed by atoms with E-state index in [2.05, 4.69) is 81.5 Å². The van der Waals surface area contributed by atoms with Crippen molar-refractivity contribution in [1.29, 1.82) is 0 Å². The molecule has 3 aromatic rings. The van der Waals surface area contributed by atoms with Crippen LogP contribution in [-0.4, -0.2) is 36.1 Å². The molecule has 1 saturated heterocycles. The highest BCUT2D eigenvalue weighted by Gasteiger charge is 2.18. The molecule has 0 unspecified atom stereocenters. The molecule has 2 aromatic carbocycles. The molecule has 3 nitrogen and oxygen atoms in total. The van der Waals surface area contributed by atoms with Gasteiger partial charge in [-0.25, -0.2) is 4.98 Å². The maximum absolute atomic E-state index is 4.47. The van der Waals surface area contributed by atoms with E-state index in [9.17, 15) is 0 Å². The Morgan fingerprint density at radius 3 is 2.20 bits per heavy atom. The van der Waals surface area contributed by atoms with E-state index in [-0.39, 0.29) is 0 Å². The molecule has 2 heterocycles. The first-order chi connectivity index (χ1) is 12.4. The number of pyridine rings is 1. The van der Waals surface area contributed by atoms with Crippen molar-refractivity contribution in [3.63, 3.8) is 0 Å². The van der Waals surface area contributed by atoms with Crippen molar-refractivity contribution in [1.82, 2.24) is 9.88 Å². The second-order valence-electron chi connectivity index (χ2n) is 6.47. The van der Waals surface area contributed by atoms with Gasteiger partial charge in [0.05, 0.1) is 0 Å². The van der Waals surface area contributed by atoms with Crippen LogP contribution in [-0.2, 0) is 6.54 Å². The fourth-order valence-corrected chi connectivity index (χ4v) is 3.47. The van der Waals surface area contributed by atoms with E-state index in [0.717, 1.165) is 38.5 Å². The van der Waals surface area contributed by atoms with E-state index in [4.69, 9.17) is 0 Å². The van der Waals surface area contributed by atoms with Gasteiger partial charge in [-0.15, -0.1) is 0 Å². The number of benzene rings is 2. The molecule has 1 aromatic heterocycles. The second kappa shape index (κ2) is 7.49. The van der Waals surface area contributed by atoms with Crippen LogP contribution in [0.1, 0.15) is 5.56 Å². The molecule has 0 aliphatic carbocycles. The van der Waals surface area contributed by atoms with Crippen molar-refractivity contribution < 1.29 is 0 Å². The average molecular weight is 329 g/mol. The van der Waals surface area contributed by atoms with Crippen LogP contribution in [0.15, 0.2) is 79.0 Å². The van der Waals surface area contributed by atoms with Crippen molar-refractivity contribution in [3.05, 3.63) is 84.6 Å². The van der Waals surface area contributed by atoms with Crippen LogP contribution < -0.4 is 4.90 Å². The van der Waals surface area contributed by atoms with Crippen molar-refractivity contribution in [2.75, 3.05) is 31.1 Å². The number of hydrogen-bond acceptors (Lipinski definition) is 3. The Morgan fingerprint density at radius 1 is 0.720 bits per heavy atom. The average Bonchev–Trinajstić information content (AvgIpc) is 2.70. The monoisotopic (exact) mass is 329 g/mol. The first-order valence-corrected chi connectivity index (χ1v) is 8.92. The third kappa shape index (κ3) is 3.72. The quantitative estimate of drug-likeness (QED) is 0.719. The summed E-state index contributed by atoms with van der Waals surface area (Å²) in [5.74, 6) is 1.09. The Hall–Kier alpha value is -2.65. The van der Waals surface area contributed by atoms with Crippen LogP contribution in [0.4, 0.5) is 5.82 Å². The summed E-state index contributed by atoms with van der Waals surface area (Å²) in [7, 11) is 0. The summed E-state index contributed by atoms with van der Waals surface area (Å²) < 4.78 is 0. The minimum atomic E-state index is 1.00. The molecule has 1 aliphatic rings. The predicted octanol–water partition coefficient (Wildman–Crippen LogP) is 4.07. The van der Waals surface area contributed by atoms with E-state index in [1.807, 2.05) is 12.3 Å². The maximum Gasteiger partial charge on any atom is 0.128 e. The van der Waals surface area contributed by atoms with Crippen molar-refractivity contribution in [3.8, 4) is 11.1 Å². The molecule has 0 radical (unpaired) electrons. The van der Waals surface area contributed by atoms with Gasteiger partial charge >= 0.3 is 0 Å². The van der Waals surface area contributed by atoms with E-state index in [1.165, 1.54) is 16.7 Å². The Labute approximate surface area is 149 Å². The Bertz CT molecular complexity index is 794. The third-order valence-corrected chi connectivity index (χ3v) is 4.84. The number of anilines is 1. The number of piperazine rings is 1. The van der Waals surface area contributed by atoms with Gasteiger partial charge in [-0.2, -0.15) is 0 Å². The fraction of sp³-hybridized carbons (Fsp3) is 0.227.